The van der Waals surface area contributed by atoms with E-state index in [1.54, 1.807) is 11.8 Å². The van der Waals surface area contributed by atoms with Crippen molar-refractivity contribution in [2.24, 2.45) is 0 Å². The Bertz CT molecular complexity index is 844. The average Bonchev–Trinajstić information content (AvgIpc) is 2.58. The third-order valence-electron chi connectivity index (χ3n) is 3.96. The summed E-state index contributed by atoms with van der Waals surface area (Å²) < 4.78 is 10.2. The van der Waals surface area contributed by atoms with Crippen LogP contribution in [0.2, 0.25) is 0 Å². The van der Waals surface area contributed by atoms with Gasteiger partial charge in [-0.1, -0.05) is 36.4 Å². The Morgan fingerprint density at radius 1 is 0.962 bits per heavy atom. The van der Waals surface area contributed by atoms with Gasteiger partial charge in [-0.2, -0.15) is 0 Å². The van der Waals surface area contributed by atoms with Gasteiger partial charge < -0.3 is 9.47 Å². The van der Waals surface area contributed by atoms with Crippen LogP contribution in [-0.2, 0) is 24.8 Å². The Morgan fingerprint density at radius 3 is 2.19 bits per heavy atom. The summed E-state index contributed by atoms with van der Waals surface area (Å²) in [6.07, 6.45) is 1.50. The smallest absolute Gasteiger partial charge is 0.348 e. The molecule has 5 heteroatoms. The summed E-state index contributed by atoms with van der Waals surface area (Å²) in [7, 11) is 0. The van der Waals surface area contributed by atoms with E-state index >= 15 is 0 Å². The Labute approximate surface area is 157 Å². The van der Waals surface area contributed by atoms with E-state index in [1.165, 1.54) is 31.1 Å². The maximum Gasteiger partial charge on any atom is 0.348 e. The molecule has 1 aliphatic rings. The molecule has 1 heterocycles. The zero-order chi connectivity index (χ0) is 18.7. The zero-order valence-corrected chi connectivity index (χ0v) is 15.8. The molecular formula is C21H20O4S. The first-order valence-corrected chi connectivity index (χ1v) is 9.28. The van der Waals surface area contributed by atoms with E-state index in [4.69, 9.17) is 9.47 Å². The molecule has 0 saturated carbocycles. The van der Waals surface area contributed by atoms with Crippen LogP contribution in [0.1, 0.15) is 30.5 Å². The van der Waals surface area contributed by atoms with Crippen LogP contribution in [0.25, 0.3) is 6.08 Å². The molecule has 1 aliphatic heterocycles. The van der Waals surface area contributed by atoms with Crippen LogP contribution in [0.15, 0.2) is 59.0 Å². The van der Waals surface area contributed by atoms with Crippen molar-refractivity contribution in [1.82, 2.24) is 0 Å². The second-order valence-corrected chi connectivity index (χ2v) is 7.57. The van der Waals surface area contributed by atoms with Gasteiger partial charge in [-0.05, 0) is 41.8 Å². The summed E-state index contributed by atoms with van der Waals surface area (Å²) in [6.45, 7) is 5.16. The number of hydrogen-bond donors (Lipinski definition) is 0. The normalized spacial score (nSPS) is 16.0. The van der Waals surface area contributed by atoms with Gasteiger partial charge in [0.15, 0.2) is 0 Å². The van der Waals surface area contributed by atoms with Crippen molar-refractivity contribution in [1.29, 1.82) is 0 Å². The molecule has 0 aromatic heterocycles. The first kappa shape index (κ1) is 18.3. The topological polar surface area (TPSA) is 52.6 Å². The fourth-order valence-electron chi connectivity index (χ4n) is 2.54. The van der Waals surface area contributed by atoms with Gasteiger partial charge in [0.2, 0.25) is 0 Å². The molecule has 2 aromatic rings. The molecule has 0 aliphatic carbocycles. The van der Waals surface area contributed by atoms with Gasteiger partial charge in [0, 0.05) is 24.5 Å². The lowest BCUT2D eigenvalue weighted by atomic mass is 10.1. The Hall–Kier alpha value is -2.53. The lowest BCUT2D eigenvalue weighted by molar-refractivity contribution is -0.222. The van der Waals surface area contributed by atoms with E-state index in [0.29, 0.717) is 0 Å². The molecule has 1 fully saturated rings. The van der Waals surface area contributed by atoms with Crippen molar-refractivity contribution in [3.05, 3.63) is 70.8 Å². The monoisotopic (exact) mass is 368 g/mol. The van der Waals surface area contributed by atoms with E-state index in [9.17, 15) is 9.59 Å². The minimum atomic E-state index is -1.22. The number of ether oxygens (including phenoxy) is 2. The third-order valence-corrected chi connectivity index (χ3v) is 5.02. The van der Waals surface area contributed by atoms with Crippen LogP contribution in [0, 0.1) is 6.92 Å². The van der Waals surface area contributed by atoms with E-state index in [-0.39, 0.29) is 5.57 Å². The second kappa shape index (κ2) is 7.38. The number of thioether (sulfide) groups is 1. The van der Waals surface area contributed by atoms with E-state index in [2.05, 4.69) is 19.1 Å². The van der Waals surface area contributed by atoms with Crippen molar-refractivity contribution in [2.75, 3.05) is 0 Å². The molecule has 3 rings (SSSR count). The van der Waals surface area contributed by atoms with Crippen LogP contribution in [0.5, 0.6) is 0 Å². The molecule has 0 atom stereocenters. The largest absolute Gasteiger partial charge is 0.419 e. The number of esters is 2. The van der Waals surface area contributed by atoms with E-state index in [1.807, 2.05) is 36.4 Å². The molecule has 0 N–H and O–H groups in total. The Kier molecular flexibility index (Phi) is 5.18. The Balaban J connectivity index is 1.69. The molecule has 4 nitrogen and oxygen atoms in total. The fraction of sp³-hybridized carbons (Fsp3) is 0.238. The molecule has 0 bridgehead atoms. The molecule has 0 spiro atoms. The maximum atomic E-state index is 12.0. The lowest BCUT2D eigenvalue weighted by Crippen LogP contribution is -2.41. The summed E-state index contributed by atoms with van der Waals surface area (Å²) >= 11 is 1.74. The molecule has 0 radical (unpaired) electrons. The zero-order valence-electron chi connectivity index (χ0n) is 14.9. The quantitative estimate of drug-likeness (QED) is 0.344. The molecule has 26 heavy (non-hydrogen) atoms. The number of hydrogen-bond acceptors (Lipinski definition) is 5. The van der Waals surface area contributed by atoms with Crippen molar-refractivity contribution in [3.63, 3.8) is 0 Å². The van der Waals surface area contributed by atoms with Crippen LogP contribution in [0.4, 0.5) is 0 Å². The summed E-state index contributed by atoms with van der Waals surface area (Å²) in [5.41, 5.74) is 3.23. The lowest BCUT2D eigenvalue weighted by Gasteiger charge is -2.29. The standard InChI is InChI=1S/C21H20O4S/c1-14-6-4-5-7-16(14)13-26-17-10-8-15(9-11-17)12-18-19(22)24-21(2,3)25-20(18)23/h4-12H,13H2,1-3H3. The third kappa shape index (κ3) is 4.35. The number of rotatable bonds is 4. The predicted octanol–water partition coefficient (Wildman–Crippen LogP) is 4.51. The molecule has 0 amide bonds. The predicted molar refractivity (Wildman–Crippen MR) is 101 cm³/mol. The summed E-state index contributed by atoms with van der Waals surface area (Å²) in [4.78, 5) is 25.1. The number of benzene rings is 2. The van der Waals surface area contributed by atoms with Gasteiger partial charge in [0.05, 0.1) is 0 Å². The van der Waals surface area contributed by atoms with Gasteiger partial charge in [0.25, 0.3) is 5.79 Å². The first-order chi connectivity index (χ1) is 12.3. The summed E-state index contributed by atoms with van der Waals surface area (Å²) in [5.74, 6) is -1.66. The average molecular weight is 368 g/mol. The van der Waals surface area contributed by atoms with Crippen LogP contribution < -0.4 is 0 Å². The molecule has 0 unspecified atom stereocenters. The fourth-order valence-corrected chi connectivity index (χ4v) is 3.51. The molecular weight excluding hydrogens is 348 g/mol. The highest BCUT2D eigenvalue weighted by atomic mass is 32.2. The van der Waals surface area contributed by atoms with Crippen molar-refractivity contribution < 1.29 is 19.1 Å². The first-order valence-electron chi connectivity index (χ1n) is 8.30. The molecule has 1 saturated heterocycles. The Morgan fingerprint density at radius 2 is 1.58 bits per heavy atom. The minimum Gasteiger partial charge on any atom is -0.419 e. The summed E-state index contributed by atoms with van der Waals surface area (Å²) in [5, 5.41) is 0. The highest BCUT2D eigenvalue weighted by Gasteiger charge is 2.38. The van der Waals surface area contributed by atoms with Gasteiger partial charge >= 0.3 is 11.9 Å². The van der Waals surface area contributed by atoms with Crippen LogP contribution in [0.3, 0.4) is 0 Å². The number of carbonyl (C=O) groups is 2. The molecule has 2 aromatic carbocycles. The van der Waals surface area contributed by atoms with E-state index in [0.717, 1.165) is 16.2 Å². The number of aryl methyl sites for hydroxylation is 1. The number of carbonyl (C=O) groups excluding carboxylic acids is 2. The van der Waals surface area contributed by atoms with Crippen molar-refractivity contribution in [2.45, 2.75) is 37.2 Å². The van der Waals surface area contributed by atoms with Crippen LogP contribution >= 0.6 is 11.8 Å². The molecule has 134 valence electrons. The highest BCUT2D eigenvalue weighted by Crippen LogP contribution is 2.27. The highest BCUT2D eigenvalue weighted by molar-refractivity contribution is 7.98. The SMILES string of the molecule is Cc1ccccc1CSc1ccc(C=C2C(=O)OC(C)(C)OC2=O)cc1. The van der Waals surface area contributed by atoms with Crippen molar-refractivity contribution >= 4 is 29.8 Å². The maximum absolute atomic E-state index is 12.0. The number of cyclic esters (lactones) is 2. The minimum absolute atomic E-state index is 0.0929. The summed E-state index contributed by atoms with van der Waals surface area (Å²) in [6, 6.07) is 16.0. The van der Waals surface area contributed by atoms with Gasteiger partial charge in [0.1, 0.15) is 5.57 Å². The van der Waals surface area contributed by atoms with Crippen LogP contribution in [-0.4, -0.2) is 17.7 Å². The van der Waals surface area contributed by atoms with Gasteiger partial charge in [-0.15, -0.1) is 11.8 Å². The second-order valence-electron chi connectivity index (χ2n) is 6.52. The van der Waals surface area contributed by atoms with Crippen molar-refractivity contribution in [3.8, 4) is 0 Å². The van der Waals surface area contributed by atoms with E-state index < -0.39 is 17.7 Å². The van der Waals surface area contributed by atoms with Gasteiger partial charge in [-0.3, -0.25) is 0 Å². The van der Waals surface area contributed by atoms with Gasteiger partial charge in [-0.25, -0.2) is 9.59 Å².